The number of aryl methyl sites for hydroxylation is 1. The van der Waals surface area contributed by atoms with Crippen LogP contribution in [0.4, 0.5) is 19.0 Å². The molecule has 0 spiro atoms. The van der Waals surface area contributed by atoms with E-state index in [0.29, 0.717) is 30.4 Å². The topological polar surface area (TPSA) is 68.8 Å². The Morgan fingerprint density at radius 3 is 2.34 bits per heavy atom. The van der Waals surface area contributed by atoms with E-state index in [2.05, 4.69) is 15.0 Å². The van der Waals surface area contributed by atoms with Crippen LogP contribution in [-0.2, 0) is 6.18 Å². The minimum absolute atomic E-state index is 0.233. The molecule has 2 aromatic carbocycles. The normalized spacial score (nSPS) is 14.9. The summed E-state index contributed by atoms with van der Waals surface area (Å²) >= 11 is 0. The van der Waals surface area contributed by atoms with Gasteiger partial charge in [-0.3, -0.25) is 9.36 Å². The van der Waals surface area contributed by atoms with Crippen molar-refractivity contribution in [3.8, 4) is 17.1 Å². The predicted octanol–water partition coefficient (Wildman–Crippen LogP) is 4.66. The van der Waals surface area contributed by atoms with Crippen LogP contribution in [0.5, 0.6) is 0 Å². The number of piperidine rings is 1. The van der Waals surface area contributed by atoms with Crippen molar-refractivity contribution in [1.29, 1.82) is 0 Å². The number of anilines is 1. The fourth-order valence-corrected chi connectivity index (χ4v) is 4.45. The number of alkyl halides is 3. The molecule has 0 N–H and O–H groups in total. The summed E-state index contributed by atoms with van der Waals surface area (Å²) in [6.45, 7) is 3.29. The highest BCUT2D eigenvalue weighted by molar-refractivity contribution is 5.64. The van der Waals surface area contributed by atoms with Crippen LogP contribution in [0.15, 0.2) is 72.0 Å². The van der Waals surface area contributed by atoms with Gasteiger partial charge in [0.25, 0.3) is 5.56 Å². The third-order valence-electron chi connectivity index (χ3n) is 6.34. The summed E-state index contributed by atoms with van der Waals surface area (Å²) in [5, 5.41) is 4.23. The van der Waals surface area contributed by atoms with E-state index >= 15 is 0 Å². The first-order valence-electron chi connectivity index (χ1n) is 11.3. The maximum Gasteiger partial charge on any atom is 0.416 e. The zero-order valence-electron chi connectivity index (χ0n) is 19.0. The summed E-state index contributed by atoms with van der Waals surface area (Å²) in [7, 11) is 0. The van der Waals surface area contributed by atoms with Crippen LogP contribution < -0.4 is 10.5 Å². The lowest BCUT2D eigenvalue weighted by Gasteiger charge is -2.33. The lowest BCUT2D eigenvalue weighted by Crippen LogP contribution is -2.36. The molecule has 0 saturated carbocycles. The Labute approximate surface area is 199 Å². The standard InChI is InChI=1S/C25H23F3N6O/c1-17-4-2-3-5-21(17)24-31-22(32-12-10-19(11-13-32)33-16-29-15-30-33)14-23(35)34(24)20-8-6-18(7-9-20)25(26,27)28/h2-9,14-16,19H,10-13H2,1H3. The van der Waals surface area contributed by atoms with E-state index in [1.165, 1.54) is 29.1 Å². The molecule has 1 aliphatic rings. The highest BCUT2D eigenvalue weighted by Crippen LogP contribution is 2.31. The number of benzene rings is 2. The molecule has 35 heavy (non-hydrogen) atoms. The Bertz CT molecular complexity index is 1370. The number of nitrogens with zero attached hydrogens (tertiary/aromatic N) is 6. The van der Waals surface area contributed by atoms with Crippen molar-refractivity contribution in [2.24, 2.45) is 0 Å². The minimum atomic E-state index is -4.46. The fourth-order valence-electron chi connectivity index (χ4n) is 4.45. The maximum absolute atomic E-state index is 13.4. The Hall–Kier alpha value is -3.95. The predicted molar refractivity (Wildman–Crippen MR) is 126 cm³/mol. The number of halogens is 3. The minimum Gasteiger partial charge on any atom is -0.356 e. The first kappa shape index (κ1) is 22.8. The second-order valence-corrected chi connectivity index (χ2v) is 8.56. The molecule has 0 aliphatic carbocycles. The smallest absolute Gasteiger partial charge is 0.356 e. The molecule has 7 nitrogen and oxygen atoms in total. The molecule has 0 radical (unpaired) electrons. The van der Waals surface area contributed by atoms with Crippen molar-refractivity contribution in [2.75, 3.05) is 18.0 Å². The third-order valence-corrected chi connectivity index (χ3v) is 6.34. The van der Waals surface area contributed by atoms with E-state index < -0.39 is 11.7 Å². The molecule has 3 heterocycles. The molecule has 4 aromatic rings. The van der Waals surface area contributed by atoms with Gasteiger partial charge in [-0.05, 0) is 49.6 Å². The molecule has 10 heteroatoms. The van der Waals surface area contributed by atoms with Crippen molar-refractivity contribution in [3.63, 3.8) is 0 Å². The van der Waals surface area contributed by atoms with Gasteiger partial charge < -0.3 is 4.90 Å². The summed E-state index contributed by atoms with van der Waals surface area (Å²) in [4.78, 5) is 24.3. The zero-order chi connectivity index (χ0) is 24.6. The van der Waals surface area contributed by atoms with Crippen LogP contribution in [-0.4, -0.2) is 37.4 Å². The summed E-state index contributed by atoms with van der Waals surface area (Å²) in [6.07, 6.45) is 0.422. The molecule has 2 aromatic heterocycles. The number of hydrogen-bond acceptors (Lipinski definition) is 5. The van der Waals surface area contributed by atoms with Crippen LogP contribution in [0, 0.1) is 6.92 Å². The number of hydrogen-bond donors (Lipinski definition) is 0. The maximum atomic E-state index is 13.4. The molecule has 5 rings (SSSR count). The first-order chi connectivity index (χ1) is 16.8. The molecule has 180 valence electrons. The van der Waals surface area contributed by atoms with Crippen LogP contribution >= 0.6 is 0 Å². The van der Waals surface area contributed by atoms with Gasteiger partial charge in [0.15, 0.2) is 0 Å². The van der Waals surface area contributed by atoms with Crippen molar-refractivity contribution < 1.29 is 13.2 Å². The quantitative estimate of drug-likeness (QED) is 0.425. The molecule has 1 fully saturated rings. The van der Waals surface area contributed by atoms with Gasteiger partial charge in [0.1, 0.15) is 24.3 Å². The fraction of sp³-hybridized carbons (Fsp3) is 0.280. The number of aromatic nitrogens is 5. The van der Waals surface area contributed by atoms with Gasteiger partial charge in [-0.2, -0.15) is 18.3 Å². The second-order valence-electron chi connectivity index (χ2n) is 8.56. The number of rotatable bonds is 4. The van der Waals surface area contributed by atoms with Gasteiger partial charge >= 0.3 is 6.18 Å². The van der Waals surface area contributed by atoms with Gasteiger partial charge in [0.05, 0.1) is 17.3 Å². The van der Waals surface area contributed by atoms with Gasteiger partial charge in [-0.1, -0.05) is 24.3 Å². The van der Waals surface area contributed by atoms with Crippen molar-refractivity contribution in [2.45, 2.75) is 32.0 Å². The van der Waals surface area contributed by atoms with Crippen molar-refractivity contribution >= 4 is 5.82 Å². The highest BCUT2D eigenvalue weighted by Gasteiger charge is 2.30. The first-order valence-corrected chi connectivity index (χ1v) is 11.3. The van der Waals surface area contributed by atoms with E-state index in [1.54, 1.807) is 6.33 Å². The second kappa shape index (κ2) is 9.01. The van der Waals surface area contributed by atoms with Gasteiger partial charge in [0, 0.05) is 24.7 Å². The van der Waals surface area contributed by atoms with E-state index in [-0.39, 0.29) is 11.6 Å². The Balaban J connectivity index is 1.55. The molecule has 1 aliphatic heterocycles. The molecule has 0 unspecified atom stereocenters. The van der Waals surface area contributed by atoms with E-state index in [0.717, 1.165) is 36.1 Å². The summed E-state index contributed by atoms with van der Waals surface area (Å²) in [5.41, 5.74) is 0.842. The van der Waals surface area contributed by atoms with Gasteiger partial charge in [-0.15, -0.1) is 0 Å². The lowest BCUT2D eigenvalue weighted by molar-refractivity contribution is -0.137. The van der Waals surface area contributed by atoms with Crippen molar-refractivity contribution in [3.05, 3.63) is 88.7 Å². The third kappa shape index (κ3) is 4.55. The summed E-state index contributed by atoms with van der Waals surface area (Å²) in [6, 6.07) is 13.8. The van der Waals surface area contributed by atoms with Crippen LogP contribution in [0.3, 0.4) is 0 Å². The Kier molecular flexibility index (Phi) is 5.88. The lowest BCUT2D eigenvalue weighted by atomic mass is 10.1. The average Bonchev–Trinajstić information content (AvgIpc) is 3.39. The van der Waals surface area contributed by atoms with E-state index in [9.17, 15) is 18.0 Å². The summed E-state index contributed by atoms with van der Waals surface area (Å²) in [5.74, 6) is 0.942. The van der Waals surface area contributed by atoms with Gasteiger partial charge in [0.2, 0.25) is 0 Å². The average molecular weight is 480 g/mol. The zero-order valence-corrected chi connectivity index (χ0v) is 19.0. The SMILES string of the molecule is Cc1ccccc1-c1nc(N2CCC(n3cncn3)CC2)cc(=O)n1-c1ccc(C(F)(F)F)cc1. The van der Waals surface area contributed by atoms with E-state index in [1.807, 2.05) is 35.9 Å². The monoisotopic (exact) mass is 480 g/mol. The largest absolute Gasteiger partial charge is 0.416 e. The molecule has 0 bridgehead atoms. The van der Waals surface area contributed by atoms with Crippen LogP contribution in [0.25, 0.3) is 17.1 Å². The van der Waals surface area contributed by atoms with Crippen LogP contribution in [0.2, 0.25) is 0 Å². The molecular formula is C25H23F3N6O. The van der Waals surface area contributed by atoms with Crippen molar-refractivity contribution in [1.82, 2.24) is 24.3 Å². The molecule has 0 amide bonds. The van der Waals surface area contributed by atoms with Gasteiger partial charge in [-0.25, -0.2) is 14.6 Å². The molecule has 1 saturated heterocycles. The summed E-state index contributed by atoms with van der Waals surface area (Å²) < 4.78 is 42.5. The molecule has 0 atom stereocenters. The van der Waals surface area contributed by atoms with E-state index in [4.69, 9.17) is 4.98 Å². The van der Waals surface area contributed by atoms with Crippen LogP contribution in [0.1, 0.15) is 30.0 Å². The molecular weight excluding hydrogens is 457 g/mol. The highest BCUT2D eigenvalue weighted by atomic mass is 19.4. The Morgan fingerprint density at radius 2 is 1.71 bits per heavy atom. The Morgan fingerprint density at radius 1 is 1.00 bits per heavy atom.